The number of hydrogen-bond donors (Lipinski definition) is 0. The topological polar surface area (TPSA) is 76.2 Å². The predicted molar refractivity (Wildman–Crippen MR) is 144 cm³/mol. The summed E-state index contributed by atoms with van der Waals surface area (Å²) in [7, 11) is 1.32. The molecule has 0 N–H and O–H groups in total. The second-order valence-electron chi connectivity index (χ2n) is 9.58. The lowest BCUT2D eigenvalue weighted by Gasteiger charge is -2.39. The molecule has 0 aliphatic carbocycles. The lowest BCUT2D eigenvalue weighted by Crippen LogP contribution is -2.44. The molecule has 9 heteroatoms. The standard InChI is InChI=1S/C28H29ClN2O5S/c1-35-27(33)20-6-8-21(9-7-20)36-28(34)31-16-12-19(13-17-31)18-10-14-30(15-11-18)26(32)25-24(29)22-4-2-3-5-23(22)37-25/h2-9,18-19H,10-17H2,1H3. The Balaban J connectivity index is 1.09. The fourth-order valence-electron chi connectivity index (χ4n) is 5.36. The summed E-state index contributed by atoms with van der Waals surface area (Å²) in [5.74, 6) is 1.08. The number of nitrogens with zero attached hydrogens (tertiary/aromatic N) is 2. The first-order valence-electron chi connectivity index (χ1n) is 12.6. The van der Waals surface area contributed by atoms with Gasteiger partial charge in [0.05, 0.1) is 17.7 Å². The largest absolute Gasteiger partial charge is 0.465 e. The maximum absolute atomic E-state index is 13.2. The maximum atomic E-state index is 13.2. The van der Waals surface area contributed by atoms with Crippen LogP contribution in [0.5, 0.6) is 5.75 Å². The first kappa shape index (κ1) is 25.5. The van der Waals surface area contributed by atoms with E-state index in [1.807, 2.05) is 29.2 Å². The van der Waals surface area contributed by atoms with Gasteiger partial charge in [-0.05, 0) is 67.9 Å². The van der Waals surface area contributed by atoms with Crippen molar-refractivity contribution in [1.29, 1.82) is 0 Å². The lowest BCUT2D eigenvalue weighted by atomic mass is 9.79. The summed E-state index contributed by atoms with van der Waals surface area (Å²) >= 11 is 8.01. The van der Waals surface area contributed by atoms with E-state index in [1.54, 1.807) is 29.2 Å². The number of carbonyl (C=O) groups excluding carboxylic acids is 3. The Hall–Kier alpha value is -3.10. The molecule has 2 fully saturated rings. The van der Waals surface area contributed by atoms with Gasteiger partial charge in [-0.2, -0.15) is 0 Å². The molecular weight excluding hydrogens is 512 g/mol. The van der Waals surface area contributed by atoms with Crippen molar-refractivity contribution < 1.29 is 23.9 Å². The monoisotopic (exact) mass is 540 g/mol. The third-order valence-corrected chi connectivity index (χ3v) is 9.16. The lowest BCUT2D eigenvalue weighted by molar-refractivity contribution is 0.0595. The number of likely N-dealkylation sites (tertiary alicyclic amines) is 2. The molecule has 0 bridgehead atoms. The predicted octanol–water partition coefficient (Wildman–Crippen LogP) is 6.10. The molecule has 3 heterocycles. The zero-order valence-corrected chi connectivity index (χ0v) is 22.2. The van der Waals surface area contributed by atoms with Crippen molar-refractivity contribution in [3.63, 3.8) is 0 Å². The smallest absolute Gasteiger partial charge is 0.415 e. The van der Waals surface area contributed by atoms with Gasteiger partial charge in [0.25, 0.3) is 5.91 Å². The molecule has 0 unspecified atom stereocenters. The minimum Gasteiger partial charge on any atom is -0.465 e. The summed E-state index contributed by atoms with van der Waals surface area (Å²) in [5, 5.41) is 1.50. The minimum absolute atomic E-state index is 0.0295. The molecule has 2 aromatic carbocycles. The van der Waals surface area contributed by atoms with Crippen LogP contribution in [0.3, 0.4) is 0 Å². The Kier molecular flexibility index (Phi) is 7.67. The summed E-state index contributed by atoms with van der Waals surface area (Å²) in [6.45, 7) is 2.77. The highest BCUT2D eigenvalue weighted by atomic mass is 35.5. The molecule has 5 rings (SSSR count). The van der Waals surface area contributed by atoms with Crippen LogP contribution in [0.2, 0.25) is 5.02 Å². The van der Waals surface area contributed by atoms with Gasteiger partial charge in [-0.3, -0.25) is 4.79 Å². The number of fused-ring (bicyclic) bond motifs is 1. The quantitative estimate of drug-likeness (QED) is 0.373. The van der Waals surface area contributed by atoms with Crippen LogP contribution in [-0.4, -0.2) is 61.1 Å². The fourth-order valence-corrected chi connectivity index (χ4v) is 6.84. The minimum atomic E-state index is -0.431. The van der Waals surface area contributed by atoms with Crippen molar-refractivity contribution in [2.24, 2.45) is 11.8 Å². The van der Waals surface area contributed by atoms with Gasteiger partial charge in [-0.1, -0.05) is 29.8 Å². The zero-order valence-electron chi connectivity index (χ0n) is 20.7. The van der Waals surface area contributed by atoms with E-state index >= 15 is 0 Å². The number of methoxy groups -OCH3 is 1. The van der Waals surface area contributed by atoms with Gasteiger partial charge in [-0.25, -0.2) is 9.59 Å². The van der Waals surface area contributed by atoms with Gasteiger partial charge in [0.2, 0.25) is 0 Å². The van der Waals surface area contributed by atoms with E-state index in [4.69, 9.17) is 16.3 Å². The van der Waals surface area contributed by atoms with E-state index < -0.39 is 5.97 Å². The summed E-state index contributed by atoms with van der Waals surface area (Å²) < 4.78 is 11.2. The molecule has 2 aliphatic rings. The Bertz CT molecular complexity index is 1290. The van der Waals surface area contributed by atoms with Gasteiger partial charge >= 0.3 is 12.1 Å². The molecule has 0 spiro atoms. The van der Waals surface area contributed by atoms with Crippen molar-refractivity contribution in [3.8, 4) is 5.75 Å². The number of ether oxygens (including phenoxy) is 2. The van der Waals surface area contributed by atoms with Gasteiger partial charge in [0.1, 0.15) is 10.6 Å². The zero-order chi connectivity index (χ0) is 25.9. The summed E-state index contributed by atoms with van der Waals surface area (Å²) in [5.41, 5.74) is 0.405. The number of esters is 1. The van der Waals surface area contributed by atoms with Gasteiger partial charge in [0.15, 0.2) is 0 Å². The Morgan fingerprint density at radius 1 is 0.865 bits per heavy atom. The number of rotatable bonds is 4. The molecule has 2 amide bonds. The van der Waals surface area contributed by atoms with E-state index in [0.717, 1.165) is 48.9 Å². The van der Waals surface area contributed by atoms with Gasteiger partial charge < -0.3 is 19.3 Å². The highest BCUT2D eigenvalue weighted by molar-refractivity contribution is 7.21. The normalized spacial score (nSPS) is 17.1. The Morgan fingerprint density at radius 3 is 2.05 bits per heavy atom. The van der Waals surface area contributed by atoms with Crippen molar-refractivity contribution in [3.05, 3.63) is 64.0 Å². The van der Waals surface area contributed by atoms with Crippen LogP contribution in [0, 0.1) is 11.8 Å². The number of halogens is 1. The van der Waals surface area contributed by atoms with E-state index in [9.17, 15) is 14.4 Å². The fraction of sp³-hybridized carbons (Fsp3) is 0.393. The average molecular weight is 541 g/mol. The van der Waals surface area contributed by atoms with Crippen LogP contribution in [0.25, 0.3) is 10.1 Å². The molecule has 2 saturated heterocycles. The Morgan fingerprint density at radius 2 is 1.46 bits per heavy atom. The number of benzene rings is 2. The van der Waals surface area contributed by atoms with E-state index in [2.05, 4.69) is 4.74 Å². The summed E-state index contributed by atoms with van der Waals surface area (Å²) in [4.78, 5) is 41.7. The number of amides is 2. The average Bonchev–Trinajstić information content (AvgIpc) is 3.29. The third kappa shape index (κ3) is 5.45. The molecule has 0 atom stereocenters. The SMILES string of the molecule is COC(=O)c1ccc(OC(=O)N2CCC(C3CCN(C(=O)c4sc5ccccc5c4Cl)CC3)CC2)cc1. The van der Waals surface area contributed by atoms with Crippen molar-refractivity contribution >= 4 is 51.0 Å². The number of thiophene rings is 1. The van der Waals surface area contributed by atoms with Crippen LogP contribution in [0.15, 0.2) is 48.5 Å². The first-order valence-corrected chi connectivity index (χ1v) is 13.8. The van der Waals surface area contributed by atoms with E-state index in [-0.39, 0.29) is 12.0 Å². The first-order chi connectivity index (χ1) is 17.9. The van der Waals surface area contributed by atoms with Crippen LogP contribution < -0.4 is 4.74 Å². The van der Waals surface area contributed by atoms with Gasteiger partial charge in [0, 0.05) is 36.3 Å². The molecule has 2 aliphatic heterocycles. The molecule has 194 valence electrons. The summed E-state index contributed by atoms with van der Waals surface area (Å²) in [6.07, 6.45) is 3.42. The highest BCUT2D eigenvalue weighted by Crippen LogP contribution is 2.38. The van der Waals surface area contributed by atoms with Crippen LogP contribution >= 0.6 is 22.9 Å². The molecule has 1 aromatic heterocycles. The molecule has 0 saturated carbocycles. The number of hydrogen-bond acceptors (Lipinski definition) is 6. The maximum Gasteiger partial charge on any atom is 0.415 e. The number of piperidine rings is 2. The second kappa shape index (κ2) is 11.1. The molecule has 7 nitrogen and oxygen atoms in total. The highest BCUT2D eigenvalue weighted by Gasteiger charge is 2.33. The van der Waals surface area contributed by atoms with Crippen LogP contribution in [0.4, 0.5) is 4.79 Å². The van der Waals surface area contributed by atoms with Crippen LogP contribution in [0.1, 0.15) is 45.7 Å². The third-order valence-electron chi connectivity index (χ3n) is 7.50. The van der Waals surface area contributed by atoms with Crippen LogP contribution in [-0.2, 0) is 4.74 Å². The second-order valence-corrected chi connectivity index (χ2v) is 11.0. The molecular formula is C28H29ClN2O5S. The molecule has 0 radical (unpaired) electrons. The van der Waals surface area contributed by atoms with Crippen molar-refractivity contribution in [1.82, 2.24) is 9.80 Å². The Labute approximate surface area is 224 Å². The van der Waals surface area contributed by atoms with E-state index in [1.165, 1.54) is 18.4 Å². The van der Waals surface area contributed by atoms with Crippen molar-refractivity contribution in [2.45, 2.75) is 25.7 Å². The molecule has 37 heavy (non-hydrogen) atoms. The number of carbonyl (C=O) groups is 3. The summed E-state index contributed by atoms with van der Waals surface area (Å²) in [6, 6.07) is 14.2. The van der Waals surface area contributed by atoms with Gasteiger partial charge in [-0.15, -0.1) is 11.3 Å². The van der Waals surface area contributed by atoms with Crippen molar-refractivity contribution in [2.75, 3.05) is 33.3 Å². The molecule has 3 aromatic rings. The van der Waals surface area contributed by atoms with E-state index in [0.29, 0.717) is 46.1 Å².